The van der Waals surface area contributed by atoms with Crippen molar-refractivity contribution in [2.45, 2.75) is 23.5 Å². The van der Waals surface area contributed by atoms with Gasteiger partial charge < -0.3 is 20.1 Å². The Bertz CT molecular complexity index is 678. The number of aliphatic carboxylic acids is 1. The largest absolute Gasteiger partial charge is 0.480 e. The molecule has 1 saturated heterocycles. The van der Waals surface area contributed by atoms with E-state index in [1.165, 1.54) is 23.8 Å². The van der Waals surface area contributed by atoms with Gasteiger partial charge in [0.05, 0.1) is 17.5 Å². The molecule has 0 radical (unpaired) electrons. The first-order valence-corrected chi connectivity index (χ1v) is 8.11. The van der Waals surface area contributed by atoms with Gasteiger partial charge in [0.15, 0.2) is 0 Å². The number of fused-ring (bicyclic) bond motifs is 1. The molecule has 1 fully saturated rings. The highest BCUT2D eigenvalue weighted by molar-refractivity contribution is 8.00. The third-order valence-corrected chi connectivity index (χ3v) is 5.07. The Balaban J connectivity index is 1.86. The van der Waals surface area contributed by atoms with Crippen LogP contribution in [-0.4, -0.2) is 59.3 Å². The van der Waals surface area contributed by atoms with E-state index in [2.05, 4.69) is 5.32 Å². The topological polar surface area (TPSA) is 95.9 Å². The first kappa shape index (κ1) is 15.8. The number of hydrogen-bond acceptors (Lipinski definition) is 5. The molecule has 0 saturated carbocycles. The summed E-state index contributed by atoms with van der Waals surface area (Å²) in [5.74, 6) is -1.18. The number of thioether (sulfide) groups is 1. The molecular formula is C15H16N2O5S. The van der Waals surface area contributed by atoms with E-state index < -0.39 is 12.0 Å². The Morgan fingerprint density at radius 1 is 1.43 bits per heavy atom. The van der Waals surface area contributed by atoms with Crippen LogP contribution in [0.1, 0.15) is 16.8 Å². The molecule has 1 aromatic carbocycles. The second-order valence-electron chi connectivity index (χ2n) is 5.45. The van der Waals surface area contributed by atoms with Gasteiger partial charge in [-0.1, -0.05) is 0 Å². The van der Waals surface area contributed by atoms with Crippen molar-refractivity contribution >= 4 is 35.2 Å². The number of likely N-dealkylation sites (tertiary alicyclic amines) is 1. The van der Waals surface area contributed by atoms with Gasteiger partial charge in [-0.2, -0.15) is 0 Å². The Kier molecular flexibility index (Phi) is 4.27. The zero-order chi connectivity index (χ0) is 16.6. The number of anilines is 1. The van der Waals surface area contributed by atoms with E-state index in [0.29, 0.717) is 17.0 Å². The summed E-state index contributed by atoms with van der Waals surface area (Å²) in [5, 5.41) is 12.0. The van der Waals surface area contributed by atoms with Crippen molar-refractivity contribution in [2.24, 2.45) is 0 Å². The number of methoxy groups -OCH3 is 1. The fourth-order valence-electron chi connectivity index (χ4n) is 2.81. The van der Waals surface area contributed by atoms with Crippen LogP contribution in [0, 0.1) is 0 Å². The van der Waals surface area contributed by atoms with Gasteiger partial charge in [0, 0.05) is 30.5 Å². The molecule has 2 N–H and O–H groups in total. The monoisotopic (exact) mass is 336 g/mol. The van der Waals surface area contributed by atoms with Crippen molar-refractivity contribution in [3.05, 3.63) is 23.8 Å². The van der Waals surface area contributed by atoms with Crippen LogP contribution < -0.4 is 5.32 Å². The maximum atomic E-state index is 12.7. The van der Waals surface area contributed by atoms with Crippen LogP contribution in [-0.2, 0) is 14.3 Å². The number of carbonyl (C=O) groups excluding carboxylic acids is 2. The highest BCUT2D eigenvalue weighted by Crippen LogP contribution is 2.33. The zero-order valence-electron chi connectivity index (χ0n) is 12.4. The molecule has 0 bridgehead atoms. The van der Waals surface area contributed by atoms with E-state index in [1.807, 2.05) is 0 Å². The first-order valence-electron chi connectivity index (χ1n) is 7.13. The van der Waals surface area contributed by atoms with E-state index in [1.54, 1.807) is 18.2 Å². The van der Waals surface area contributed by atoms with Crippen LogP contribution in [0.15, 0.2) is 23.1 Å². The van der Waals surface area contributed by atoms with Gasteiger partial charge in [-0.25, -0.2) is 4.79 Å². The molecule has 122 valence electrons. The van der Waals surface area contributed by atoms with Crippen LogP contribution >= 0.6 is 11.8 Å². The zero-order valence-corrected chi connectivity index (χ0v) is 13.3. The lowest BCUT2D eigenvalue weighted by atomic mass is 10.1. The van der Waals surface area contributed by atoms with Crippen LogP contribution in [0.3, 0.4) is 0 Å². The molecular weight excluding hydrogens is 320 g/mol. The molecule has 2 aliphatic rings. The van der Waals surface area contributed by atoms with Crippen molar-refractivity contribution in [3.63, 3.8) is 0 Å². The average Bonchev–Trinajstić information content (AvgIpc) is 2.98. The molecule has 0 spiro atoms. The number of rotatable bonds is 3. The molecule has 23 heavy (non-hydrogen) atoms. The maximum absolute atomic E-state index is 12.7. The molecule has 2 amide bonds. The van der Waals surface area contributed by atoms with Gasteiger partial charge in [-0.3, -0.25) is 9.59 Å². The molecule has 7 nitrogen and oxygen atoms in total. The van der Waals surface area contributed by atoms with Crippen molar-refractivity contribution in [3.8, 4) is 0 Å². The quantitative estimate of drug-likeness (QED) is 0.856. The number of nitrogens with one attached hydrogen (secondary N) is 1. The smallest absolute Gasteiger partial charge is 0.326 e. The van der Waals surface area contributed by atoms with Gasteiger partial charge in [0.1, 0.15) is 6.04 Å². The molecule has 8 heteroatoms. The van der Waals surface area contributed by atoms with Crippen molar-refractivity contribution < 1.29 is 24.2 Å². The molecule has 0 aliphatic carbocycles. The summed E-state index contributed by atoms with van der Waals surface area (Å²) in [7, 11) is 1.50. The van der Waals surface area contributed by atoms with Crippen LogP contribution in [0.5, 0.6) is 0 Å². The van der Waals surface area contributed by atoms with Gasteiger partial charge >= 0.3 is 5.97 Å². The predicted molar refractivity (Wildman–Crippen MR) is 83.7 cm³/mol. The Morgan fingerprint density at radius 2 is 2.22 bits per heavy atom. The fraction of sp³-hybridized carbons (Fsp3) is 0.400. The summed E-state index contributed by atoms with van der Waals surface area (Å²) < 4.78 is 5.19. The predicted octanol–water partition coefficient (Wildman–Crippen LogP) is 1.04. The average molecular weight is 336 g/mol. The number of carboxylic acids is 1. The molecule has 2 unspecified atom stereocenters. The Labute approximate surface area is 137 Å². The Hall–Kier alpha value is -2.06. The number of carboxylic acid groups (broad SMARTS) is 1. The third kappa shape index (κ3) is 3.04. The van der Waals surface area contributed by atoms with Gasteiger partial charge in [0.2, 0.25) is 5.91 Å². The third-order valence-electron chi connectivity index (χ3n) is 4.00. The molecule has 2 aliphatic heterocycles. The van der Waals surface area contributed by atoms with Crippen LogP contribution in [0.25, 0.3) is 0 Å². The standard InChI is InChI=1S/C15H16N2O5S/c1-22-9-5-11(15(20)21)17(6-9)14(19)8-2-3-12-10(4-8)16-13(18)7-23-12/h2-4,9,11H,5-7H2,1H3,(H,16,18)(H,20,21). The number of carbonyl (C=O) groups is 3. The number of hydrogen-bond donors (Lipinski definition) is 2. The molecule has 0 aromatic heterocycles. The minimum atomic E-state index is -1.04. The summed E-state index contributed by atoms with van der Waals surface area (Å²) in [6, 6.07) is 4.13. The van der Waals surface area contributed by atoms with Gasteiger partial charge in [0.25, 0.3) is 5.91 Å². The summed E-state index contributed by atoms with van der Waals surface area (Å²) in [4.78, 5) is 37.7. The van der Waals surface area contributed by atoms with Crippen molar-refractivity contribution in [1.82, 2.24) is 4.90 Å². The molecule has 1 aromatic rings. The molecule has 3 rings (SSSR count). The maximum Gasteiger partial charge on any atom is 0.326 e. The van der Waals surface area contributed by atoms with Gasteiger partial charge in [-0.05, 0) is 18.2 Å². The minimum absolute atomic E-state index is 0.115. The van der Waals surface area contributed by atoms with E-state index >= 15 is 0 Å². The second-order valence-corrected chi connectivity index (χ2v) is 6.47. The lowest BCUT2D eigenvalue weighted by molar-refractivity contribution is -0.141. The van der Waals surface area contributed by atoms with E-state index in [9.17, 15) is 19.5 Å². The highest BCUT2D eigenvalue weighted by atomic mass is 32.2. The Morgan fingerprint density at radius 3 is 2.91 bits per heavy atom. The SMILES string of the molecule is COC1CC(C(=O)O)N(C(=O)c2ccc3c(c2)NC(=O)CS3)C1. The lowest BCUT2D eigenvalue weighted by Gasteiger charge is -2.23. The van der Waals surface area contributed by atoms with Crippen molar-refractivity contribution in [1.29, 1.82) is 0 Å². The summed E-state index contributed by atoms with van der Waals surface area (Å²) in [6.07, 6.45) is -0.0114. The second kappa shape index (κ2) is 6.21. The lowest BCUT2D eigenvalue weighted by Crippen LogP contribution is -2.40. The van der Waals surface area contributed by atoms with E-state index in [4.69, 9.17) is 4.74 Å². The van der Waals surface area contributed by atoms with Gasteiger partial charge in [-0.15, -0.1) is 11.8 Å². The van der Waals surface area contributed by atoms with E-state index in [-0.39, 0.29) is 30.9 Å². The van der Waals surface area contributed by atoms with Crippen LogP contribution in [0.2, 0.25) is 0 Å². The molecule has 2 heterocycles. The number of nitrogens with zero attached hydrogens (tertiary/aromatic N) is 1. The number of ether oxygens (including phenoxy) is 1. The van der Waals surface area contributed by atoms with Crippen molar-refractivity contribution in [2.75, 3.05) is 24.7 Å². The fourth-order valence-corrected chi connectivity index (χ4v) is 3.60. The molecule has 2 atom stereocenters. The first-order chi connectivity index (χ1) is 11.0. The van der Waals surface area contributed by atoms with Crippen LogP contribution in [0.4, 0.5) is 5.69 Å². The summed E-state index contributed by atoms with van der Waals surface area (Å²) in [6.45, 7) is 0.241. The highest BCUT2D eigenvalue weighted by Gasteiger charge is 2.40. The normalized spacial score (nSPS) is 23.3. The number of amides is 2. The summed E-state index contributed by atoms with van der Waals surface area (Å²) in [5.41, 5.74) is 0.945. The van der Waals surface area contributed by atoms with E-state index in [0.717, 1.165) is 4.90 Å². The number of benzene rings is 1. The summed E-state index contributed by atoms with van der Waals surface area (Å²) >= 11 is 1.41. The minimum Gasteiger partial charge on any atom is -0.480 e.